The van der Waals surface area contributed by atoms with Gasteiger partial charge in [-0.25, -0.2) is 5.43 Å². The molecule has 0 aromatic carbocycles. The fourth-order valence-corrected chi connectivity index (χ4v) is 2.05. The number of hydrazine groups is 1. The van der Waals surface area contributed by atoms with E-state index in [1.54, 1.807) is 0 Å². The predicted molar refractivity (Wildman–Crippen MR) is 70.3 cm³/mol. The van der Waals surface area contributed by atoms with Gasteiger partial charge in [-0.2, -0.15) is 0 Å². The number of nitrogens with two attached hydrogens (primary N) is 1. The van der Waals surface area contributed by atoms with E-state index in [0.717, 1.165) is 18.8 Å². The van der Waals surface area contributed by atoms with Crippen molar-refractivity contribution in [2.24, 2.45) is 5.73 Å². The van der Waals surface area contributed by atoms with Crippen LogP contribution < -0.4 is 11.2 Å². The number of allylic oxidation sites excluding steroid dienone is 2. The molecule has 0 saturated carbocycles. The zero-order valence-electron chi connectivity index (χ0n) is 10.2. The molecular formula is C13H20N4. The van der Waals surface area contributed by atoms with E-state index in [0.29, 0.717) is 12.2 Å². The van der Waals surface area contributed by atoms with Crippen LogP contribution in [-0.4, -0.2) is 29.5 Å². The molecule has 2 aliphatic heterocycles. The standard InChI is InChI=1S/C13H20N4/c1-11(14)10-15-17-8-5-13(9-12(17)2)16-6-3-4-7-16/h5,8-9,15H,1-4,6-7,10,14H2. The maximum absolute atomic E-state index is 5.52. The Bertz CT molecular complexity index is 375. The minimum Gasteiger partial charge on any atom is -0.401 e. The van der Waals surface area contributed by atoms with Gasteiger partial charge in [0.2, 0.25) is 0 Å². The van der Waals surface area contributed by atoms with Crippen LogP contribution in [0.5, 0.6) is 0 Å². The van der Waals surface area contributed by atoms with Crippen molar-refractivity contribution < 1.29 is 0 Å². The lowest BCUT2D eigenvalue weighted by Gasteiger charge is -2.28. The van der Waals surface area contributed by atoms with Gasteiger partial charge in [-0.1, -0.05) is 13.2 Å². The lowest BCUT2D eigenvalue weighted by molar-refractivity contribution is 0.349. The molecule has 0 amide bonds. The molecule has 0 aliphatic carbocycles. The number of nitrogens with one attached hydrogen (secondary N) is 1. The highest BCUT2D eigenvalue weighted by Gasteiger charge is 2.16. The van der Waals surface area contributed by atoms with Gasteiger partial charge in [-0.15, -0.1) is 0 Å². The van der Waals surface area contributed by atoms with Crippen molar-refractivity contribution in [2.75, 3.05) is 19.6 Å². The SMILES string of the molecule is C=C(N)CNN1C=CC(N2CCCC2)=CC1=C. The highest BCUT2D eigenvalue weighted by molar-refractivity contribution is 5.32. The summed E-state index contributed by atoms with van der Waals surface area (Å²) in [5, 5.41) is 1.87. The summed E-state index contributed by atoms with van der Waals surface area (Å²) in [7, 11) is 0. The molecule has 17 heavy (non-hydrogen) atoms. The van der Waals surface area contributed by atoms with Crippen molar-refractivity contribution in [3.8, 4) is 0 Å². The maximum Gasteiger partial charge on any atom is 0.0544 e. The molecule has 0 bridgehead atoms. The lowest BCUT2D eigenvalue weighted by atomic mass is 10.2. The van der Waals surface area contributed by atoms with Gasteiger partial charge in [-0.3, -0.25) is 5.01 Å². The first-order valence-electron chi connectivity index (χ1n) is 5.96. The van der Waals surface area contributed by atoms with Gasteiger partial charge in [-0.05, 0) is 25.0 Å². The molecule has 2 aliphatic rings. The van der Waals surface area contributed by atoms with Gasteiger partial charge < -0.3 is 10.6 Å². The van der Waals surface area contributed by atoms with Gasteiger partial charge in [0.15, 0.2) is 0 Å². The second-order valence-corrected chi connectivity index (χ2v) is 4.43. The van der Waals surface area contributed by atoms with Gasteiger partial charge in [0.1, 0.15) is 0 Å². The zero-order valence-corrected chi connectivity index (χ0v) is 10.2. The Hall–Kier alpha value is -1.68. The van der Waals surface area contributed by atoms with Crippen molar-refractivity contribution in [3.63, 3.8) is 0 Å². The molecule has 92 valence electrons. The van der Waals surface area contributed by atoms with E-state index in [-0.39, 0.29) is 0 Å². The van der Waals surface area contributed by atoms with E-state index in [9.17, 15) is 0 Å². The summed E-state index contributed by atoms with van der Waals surface area (Å²) in [4.78, 5) is 2.39. The Kier molecular flexibility index (Phi) is 3.54. The Morgan fingerprint density at radius 2 is 2.12 bits per heavy atom. The molecule has 0 aromatic heterocycles. The highest BCUT2D eigenvalue weighted by Crippen LogP contribution is 2.21. The van der Waals surface area contributed by atoms with Crippen LogP contribution in [0.1, 0.15) is 12.8 Å². The number of hydrogen-bond donors (Lipinski definition) is 2. The van der Waals surface area contributed by atoms with Crippen LogP contribution in [0.2, 0.25) is 0 Å². The van der Waals surface area contributed by atoms with E-state index in [1.165, 1.54) is 18.5 Å². The van der Waals surface area contributed by atoms with Gasteiger partial charge >= 0.3 is 0 Å². The molecular weight excluding hydrogens is 212 g/mol. The minimum atomic E-state index is 0.552. The van der Waals surface area contributed by atoms with E-state index >= 15 is 0 Å². The van der Waals surface area contributed by atoms with Crippen molar-refractivity contribution >= 4 is 0 Å². The topological polar surface area (TPSA) is 44.5 Å². The van der Waals surface area contributed by atoms with Crippen LogP contribution in [0.4, 0.5) is 0 Å². The fourth-order valence-electron chi connectivity index (χ4n) is 2.05. The molecule has 0 atom stereocenters. The van der Waals surface area contributed by atoms with Gasteiger partial charge in [0.05, 0.1) is 12.2 Å². The van der Waals surface area contributed by atoms with Gasteiger partial charge in [0, 0.05) is 30.7 Å². The third-order valence-electron chi connectivity index (χ3n) is 2.97. The first-order valence-corrected chi connectivity index (χ1v) is 5.96. The number of nitrogens with zero attached hydrogens (tertiary/aromatic N) is 2. The van der Waals surface area contributed by atoms with Crippen LogP contribution in [0, 0.1) is 0 Å². The van der Waals surface area contributed by atoms with E-state index in [1.807, 2.05) is 11.2 Å². The molecule has 4 heteroatoms. The molecule has 1 fully saturated rings. The zero-order chi connectivity index (χ0) is 12.3. The second-order valence-electron chi connectivity index (χ2n) is 4.43. The number of rotatable bonds is 4. The van der Waals surface area contributed by atoms with Crippen LogP contribution in [0.15, 0.2) is 48.6 Å². The number of likely N-dealkylation sites (tertiary alicyclic amines) is 1. The highest BCUT2D eigenvalue weighted by atomic mass is 15.5. The average Bonchev–Trinajstić information content (AvgIpc) is 2.80. The minimum absolute atomic E-state index is 0.552. The summed E-state index contributed by atoms with van der Waals surface area (Å²) in [5.74, 6) is 0. The van der Waals surface area contributed by atoms with Crippen LogP contribution in [-0.2, 0) is 0 Å². The lowest BCUT2D eigenvalue weighted by Crippen LogP contribution is -2.36. The molecule has 1 saturated heterocycles. The summed E-state index contributed by atoms with van der Waals surface area (Å²) in [6.07, 6.45) is 8.75. The largest absolute Gasteiger partial charge is 0.401 e. The monoisotopic (exact) mass is 232 g/mol. The van der Waals surface area contributed by atoms with Gasteiger partial charge in [0.25, 0.3) is 0 Å². The first kappa shape index (κ1) is 11.8. The Labute approximate surface area is 103 Å². The van der Waals surface area contributed by atoms with Crippen molar-refractivity contribution in [1.82, 2.24) is 15.3 Å². The number of hydrogen-bond acceptors (Lipinski definition) is 4. The van der Waals surface area contributed by atoms with Crippen LogP contribution in [0.25, 0.3) is 0 Å². The predicted octanol–water partition coefficient (Wildman–Crippen LogP) is 1.29. The molecule has 0 radical (unpaired) electrons. The molecule has 0 spiro atoms. The van der Waals surface area contributed by atoms with Crippen molar-refractivity contribution in [3.05, 3.63) is 48.6 Å². The third kappa shape index (κ3) is 2.91. The van der Waals surface area contributed by atoms with Crippen molar-refractivity contribution in [2.45, 2.75) is 12.8 Å². The maximum atomic E-state index is 5.52. The molecule has 4 nitrogen and oxygen atoms in total. The molecule has 0 unspecified atom stereocenters. The second kappa shape index (κ2) is 5.10. The molecule has 0 aromatic rings. The Morgan fingerprint density at radius 3 is 2.71 bits per heavy atom. The summed E-state index contributed by atoms with van der Waals surface area (Å²) >= 11 is 0. The molecule has 2 rings (SSSR count). The molecule has 3 N–H and O–H groups in total. The normalized spacial score (nSPS) is 19.8. The third-order valence-corrected chi connectivity index (χ3v) is 2.97. The summed E-state index contributed by atoms with van der Waals surface area (Å²) in [6.45, 7) is 10.5. The van der Waals surface area contributed by atoms with Crippen LogP contribution >= 0.6 is 0 Å². The van der Waals surface area contributed by atoms with E-state index in [2.05, 4.69) is 35.6 Å². The smallest absolute Gasteiger partial charge is 0.0544 e. The van der Waals surface area contributed by atoms with E-state index in [4.69, 9.17) is 5.73 Å². The Morgan fingerprint density at radius 1 is 1.41 bits per heavy atom. The average molecular weight is 232 g/mol. The van der Waals surface area contributed by atoms with Crippen LogP contribution in [0.3, 0.4) is 0 Å². The quantitative estimate of drug-likeness (QED) is 0.766. The molecule has 2 heterocycles. The summed E-state index contributed by atoms with van der Waals surface area (Å²) < 4.78 is 0. The fraction of sp³-hybridized carbons (Fsp3) is 0.385. The first-order chi connectivity index (χ1) is 8.16. The summed E-state index contributed by atoms with van der Waals surface area (Å²) in [6, 6.07) is 0. The van der Waals surface area contributed by atoms with Crippen molar-refractivity contribution in [1.29, 1.82) is 0 Å². The van der Waals surface area contributed by atoms with E-state index < -0.39 is 0 Å². The summed E-state index contributed by atoms with van der Waals surface area (Å²) in [5.41, 5.74) is 11.4. The Balaban J connectivity index is 1.94.